The fourth-order valence-corrected chi connectivity index (χ4v) is 3.10. The molecule has 0 unspecified atom stereocenters. The van der Waals surface area contributed by atoms with E-state index >= 15 is 0 Å². The summed E-state index contributed by atoms with van der Waals surface area (Å²) in [6.07, 6.45) is -7.18. The molecule has 8 nitrogen and oxygen atoms in total. The second-order valence-corrected chi connectivity index (χ2v) is 5.96. The van der Waals surface area contributed by atoms with Gasteiger partial charge >= 0.3 is 0 Å². The van der Waals surface area contributed by atoms with Crippen LogP contribution < -0.4 is 0 Å². The molecular weight excluding hydrogens is 306 g/mol. The molecule has 0 aliphatic carbocycles. The molecule has 23 heavy (non-hydrogen) atoms. The minimum absolute atomic E-state index is 0.255. The van der Waals surface area contributed by atoms with Crippen molar-refractivity contribution in [3.8, 4) is 0 Å². The number of rotatable bonds is 2. The molecule has 5 N–H and O–H groups in total. The monoisotopic (exact) mass is 327 g/mol. The van der Waals surface area contributed by atoms with Gasteiger partial charge in [-0.2, -0.15) is 0 Å². The number of pyridine rings is 1. The summed E-state index contributed by atoms with van der Waals surface area (Å²) in [4.78, 5) is 4.04. The molecule has 3 heterocycles. The van der Waals surface area contributed by atoms with Crippen molar-refractivity contribution in [2.75, 3.05) is 0 Å². The van der Waals surface area contributed by atoms with Crippen LogP contribution >= 0.6 is 0 Å². The summed E-state index contributed by atoms with van der Waals surface area (Å²) in [7, 11) is 0. The summed E-state index contributed by atoms with van der Waals surface area (Å²) in [5, 5.41) is 50.2. The van der Waals surface area contributed by atoms with Crippen LogP contribution in [0.3, 0.4) is 0 Å². The average molecular weight is 327 g/mol. The molecule has 2 aliphatic rings. The van der Waals surface area contributed by atoms with Crippen molar-refractivity contribution in [3.05, 3.63) is 30.1 Å². The molecule has 2 saturated heterocycles. The molecule has 0 bridgehead atoms. The van der Waals surface area contributed by atoms with Crippen LogP contribution in [0, 0.1) is 0 Å². The Balaban J connectivity index is 1.82. The second-order valence-electron chi connectivity index (χ2n) is 5.96. The van der Waals surface area contributed by atoms with Crippen molar-refractivity contribution in [1.29, 1.82) is 0 Å². The van der Waals surface area contributed by atoms with Gasteiger partial charge in [0.05, 0.1) is 17.9 Å². The third-order valence-electron chi connectivity index (χ3n) is 4.40. The molecule has 0 spiro atoms. The van der Waals surface area contributed by atoms with Crippen molar-refractivity contribution in [1.82, 2.24) is 4.98 Å². The Morgan fingerprint density at radius 1 is 1.04 bits per heavy atom. The molecule has 1 aromatic rings. The van der Waals surface area contributed by atoms with Crippen molar-refractivity contribution in [2.24, 2.45) is 0 Å². The van der Waals surface area contributed by atoms with Gasteiger partial charge in [0.25, 0.3) is 0 Å². The molecule has 1 aromatic heterocycles. The molecule has 2 aliphatic heterocycles. The zero-order valence-electron chi connectivity index (χ0n) is 12.3. The maximum Gasteiger partial charge on any atom is 0.183 e. The lowest BCUT2D eigenvalue weighted by Crippen LogP contribution is -2.58. The van der Waals surface area contributed by atoms with E-state index in [1.54, 1.807) is 18.2 Å². The van der Waals surface area contributed by atoms with Gasteiger partial charge < -0.3 is 35.0 Å². The van der Waals surface area contributed by atoms with Gasteiger partial charge in [0, 0.05) is 6.20 Å². The Hall–Kier alpha value is -1.13. The van der Waals surface area contributed by atoms with Crippen LogP contribution in [0.15, 0.2) is 24.4 Å². The van der Waals surface area contributed by atoms with Crippen LogP contribution in [0.4, 0.5) is 0 Å². The van der Waals surface area contributed by atoms with E-state index in [1.807, 2.05) is 0 Å². The Labute approximate surface area is 132 Å². The van der Waals surface area contributed by atoms with Crippen LogP contribution in [0.2, 0.25) is 0 Å². The van der Waals surface area contributed by atoms with Crippen LogP contribution in [-0.4, -0.2) is 73.4 Å². The van der Waals surface area contributed by atoms with Crippen molar-refractivity contribution < 1.29 is 35.0 Å². The lowest BCUT2D eigenvalue weighted by Gasteiger charge is -2.41. The summed E-state index contributed by atoms with van der Waals surface area (Å²) in [5.74, 6) is 0. The number of aliphatic hydroxyl groups is 5. The SMILES string of the molecule is O[C@@H]1[C@@H](O)[C@H](O)O[C@@H]2CC[C@H](O)[C@H]([C@@H](O)c3ccccn3)O[C@@H]12. The first kappa shape index (κ1) is 16.7. The molecule has 8 heteroatoms. The van der Waals surface area contributed by atoms with Crippen LogP contribution in [0.25, 0.3) is 0 Å². The maximum absolute atomic E-state index is 10.5. The first-order valence-corrected chi connectivity index (χ1v) is 7.61. The number of aliphatic hydroxyl groups excluding tert-OH is 5. The van der Waals surface area contributed by atoms with Crippen molar-refractivity contribution in [3.63, 3.8) is 0 Å². The largest absolute Gasteiger partial charge is 0.390 e. The number of ether oxygens (including phenoxy) is 2. The highest BCUT2D eigenvalue weighted by Gasteiger charge is 2.49. The smallest absolute Gasteiger partial charge is 0.183 e. The molecular formula is C15H21NO7. The van der Waals surface area contributed by atoms with Gasteiger partial charge in [-0.3, -0.25) is 4.98 Å². The van der Waals surface area contributed by atoms with Gasteiger partial charge in [0.1, 0.15) is 30.5 Å². The average Bonchev–Trinajstić information content (AvgIpc) is 2.73. The van der Waals surface area contributed by atoms with Crippen LogP contribution in [0.1, 0.15) is 24.6 Å². The standard InChI is InChI=1S/C15H21NO7/c17-8-4-5-9-14(11(19)12(20)15(21)22-9)23-13(8)10(18)7-3-1-2-6-16-7/h1-3,6,8-15,17-21H,4-5H2/t8-,9+,10-,11+,12+,13+,14+,15+/m0/s1. The van der Waals surface area contributed by atoms with Gasteiger partial charge in [-0.15, -0.1) is 0 Å². The van der Waals surface area contributed by atoms with E-state index < -0.39 is 49.0 Å². The summed E-state index contributed by atoms with van der Waals surface area (Å²) in [6.45, 7) is 0. The topological polar surface area (TPSA) is 132 Å². The fourth-order valence-electron chi connectivity index (χ4n) is 3.10. The van der Waals surface area contributed by atoms with Crippen LogP contribution in [0.5, 0.6) is 0 Å². The van der Waals surface area contributed by atoms with Crippen molar-refractivity contribution in [2.45, 2.75) is 61.9 Å². The minimum atomic E-state index is -1.51. The fraction of sp³-hybridized carbons (Fsp3) is 0.667. The van der Waals surface area contributed by atoms with Gasteiger partial charge in [0.2, 0.25) is 0 Å². The molecule has 8 atom stereocenters. The summed E-state index contributed by atoms with van der Waals surface area (Å²) < 4.78 is 10.9. The predicted molar refractivity (Wildman–Crippen MR) is 76.0 cm³/mol. The zero-order chi connectivity index (χ0) is 16.6. The molecule has 0 amide bonds. The Morgan fingerprint density at radius 2 is 1.83 bits per heavy atom. The first-order chi connectivity index (χ1) is 11.0. The minimum Gasteiger partial charge on any atom is -0.390 e. The van der Waals surface area contributed by atoms with Crippen molar-refractivity contribution >= 4 is 0 Å². The Morgan fingerprint density at radius 3 is 2.52 bits per heavy atom. The van der Waals surface area contributed by atoms with Gasteiger partial charge in [-0.05, 0) is 25.0 Å². The number of aromatic nitrogens is 1. The molecule has 0 saturated carbocycles. The third-order valence-corrected chi connectivity index (χ3v) is 4.40. The van der Waals surface area contributed by atoms with Gasteiger partial charge in [-0.1, -0.05) is 6.07 Å². The highest BCUT2D eigenvalue weighted by molar-refractivity contribution is 5.09. The number of fused-ring (bicyclic) bond motifs is 1. The van der Waals surface area contributed by atoms with E-state index in [0.717, 1.165) is 0 Å². The molecule has 3 rings (SSSR count). The second kappa shape index (κ2) is 6.78. The zero-order valence-corrected chi connectivity index (χ0v) is 12.3. The molecule has 0 aromatic carbocycles. The lowest BCUT2D eigenvalue weighted by atomic mass is 9.96. The molecule has 2 fully saturated rings. The lowest BCUT2D eigenvalue weighted by molar-refractivity contribution is -0.297. The Kier molecular flexibility index (Phi) is 4.93. The van der Waals surface area contributed by atoms with E-state index in [-0.39, 0.29) is 6.42 Å². The quantitative estimate of drug-likeness (QED) is 0.442. The Bertz CT molecular complexity index is 516. The maximum atomic E-state index is 10.5. The third kappa shape index (κ3) is 3.24. The number of hydrogen-bond donors (Lipinski definition) is 5. The molecule has 0 radical (unpaired) electrons. The van der Waals surface area contributed by atoms with E-state index in [0.29, 0.717) is 12.1 Å². The highest BCUT2D eigenvalue weighted by atomic mass is 16.7. The van der Waals surface area contributed by atoms with E-state index in [2.05, 4.69) is 4.98 Å². The summed E-state index contributed by atoms with van der Waals surface area (Å²) >= 11 is 0. The first-order valence-electron chi connectivity index (χ1n) is 7.61. The predicted octanol–water partition coefficient (Wildman–Crippen LogP) is -1.54. The molecule has 128 valence electrons. The van der Waals surface area contributed by atoms with E-state index in [4.69, 9.17) is 9.47 Å². The van der Waals surface area contributed by atoms with E-state index in [1.165, 1.54) is 6.20 Å². The van der Waals surface area contributed by atoms with Crippen LogP contribution in [-0.2, 0) is 9.47 Å². The van der Waals surface area contributed by atoms with E-state index in [9.17, 15) is 25.5 Å². The van der Waals surface area contributed by atoms with Gasteiger partial charge in [0.15, 0.2) is 6.29 Å². The number of hydrogen-bond acceptors (Lipinski definition) is 8. The number of nitrogens with zero attached hydrogens (tertiary/aromatic N) is 1. The summed E-state index contributed by atoms with van der Waals surface area (Å²) in [6, 6.07) is 5.01. The summed E-state index contributed by atoms with van der Waals surface area (Å²) in [5.41, 5.74) is 0.335. The van der Waals surface area contributed by atoms with Gasteiger partial charge in [-0.25, -0.2) is 0 Å². The highest BCUT2D eigenvalue weighted by Crippen LogP contribution is 2.34. The normalized spacial score (nSPS) is 42.6.